The van der Waals surface area contributed by atoms with Gasteiger partial charge in [0.1, 0.15) is 5.75 Å². The van der Waals surface area contributed by atoms with Gasteiger partial charge in [-0.25, -0.2) is 8.42 Å². The molecule has 0 unspecified atom stereocenters. The van der Waals surface area contributed by atoms with E-state index in [0.29, 0.717) is 25.9 Å². The molecule has 5 nitrogen and oxygen atoms in total. The second-order valence-electron chi connectivity index (χ2n) is 5.14. The number of rotatable bonds is 7. The molecule has 0 atom stereocenters. The Hall–Kier alpha value is -0.620. The molecule has 1 N–H and O–H groups in total. The first kappa shape index (κ1) is 16.4. The van der Waals surface area contributed by atoms with Gasteiger partial charge in [-0.1, -0.05) is 13.8 Å². The number of carbonyl (C=O) groups is 1. The standard InChI is InChI=1S/C13H26N2O3S/c1-3-9-15(10-4-2)13(16)11-19(17,18)12-5-7-14-8-6-12/h12,14H,3-11H2,1-2H3. The second-order valence-corrected chi connectivity index (χ2v) is 7.42. The third kappa shape index (κ3) is 5.10. The van der Waals surface area contributed by atoms with Crippen LogP contribution in [-0.4, -0.2) is 56.4 Å². The molecule has 0 aliphatic carbocycles. The highest BCUT2D eigenvalue weighted by Crippen LogP contribution is 2.15. The van der Waals surface area contributed by atoms with Crippen LogP contribution < -0.4 is 5.32 Å². The number of piperidine rings is 1. The Bertz CT molecular complexity index is 369. The van der Waals surface area contributed by atoms with Gasteiger partial charge in [0, 0.05) is 13.1 Å². The summed E-state index contributed by atoms with van der Waals surface area (Å²) in [5.41, 5.74) is 0. The van der Waals surface area contributed by atoms with Gasteiger partial charge >= 0.3 is 0 Å². The summed E-state index contributed by atoms with van der Waals surface area (Å²) in [6.45, 7) is 6.74. The Morgan fingerprint density at radius 3 is 2.16 bits per heavy atom. The van der Waals surface area contributed by atoms with Crippen molar-refractivity contribution in [1.82, 2.24) is 10.2 Å². The number of hydrogen-bond acceptors (Lipinski definition) is 4. The van der Waals surface area contributed by atoms with Gasteiger partial charge in [-0.3, -0.25) is 4.79 Å². The molecule has 0 aromatic heterocycles. The quantitative estimate of drug-likeness (QED) is 0.753. The summed E-state index contributed by atoms with van der Waals surface area (Å²) in [6.07, 6.45) is 2.96. The Morgan fingerprint density at radius 2 is 1.68 bits per heavy atom. The number of nitrogens with one attached hydrogen (secondary N) is 1. The minimum Gasteiger partial charge on any atom is -0.342 e. The van der Waals surface area contributed by atoms with E-state index in [2.05, 4.69) is 5.32 Å². The van der Waals surface area contributed by atoms with E-state index in [1.54, 1.807) is 4.90 Å². The van der Waals surface area contributed by atoms with Gasteiger partial charge in [0.2, 0.25) is 5.91 Å². The maximum absolute atomic E-state index is 12.2. The largest absolute Gasteiger partial charge is 0.342 e. The molecular formula is C13H26N2O3S. The number of nitrogens with zero attached hydrogens (tertiary/aromatic N) is 1. The third-order valence-electron chi connectivity index (χ3n) is 3.46. The van der Waals surface area contributed by atoms with Gasteiger partial charge in [-0.05, 0) is 38.8 Å². The molecule has 0 bridgehead atoms. The van der Waals surface area contributed by atoms with Crippen LogP contribution in [0.3, 0.4) is 0 Å². The lowest BCUT2D eigenvalue weighted by atomic mass is 10.2. The van der Waals surface area contributed by atoms with Gasteiger partial charge in [-0.15, -0.1) is 0 Å². The average molecular weight is 290 g/mol. The van der Waals surface area contributed by atoms with E-state index in [1.165, 1.54) is 0 Å². The molecule has 0 spiro atoms. The zero-order valence-corrected chi connectivity index (χ0v) is 12.8. The Kier molecular flexibility index (Phi) is 6.79. The molecule has 1 rings (SSSR count). The van der Waals surface area contributed by atoms with Crippen LogP contribution in [0.5, 0.6) is 0 Å². The number of hydrogen-bond donors (Lipinski definition) is 1. The summed E-state index contributed by atoms with van der Waals surface area (Å²) < 4.78 is 24.5. The van der Waals surface area contributed by atoms with Crippen molar-refractivity contribution in [3.8, 4) is 0 Å². The molecule has 1 saturated heterocycles. The highest BCUT2D eigenvalue weighted by molar-refractivity contribution is 7.92. The normalized spacial score (nSPS) is 17.4. The summed E-state index contributed by atoms with van der Waals surface area (Å²) in [4.78, 5) is 13.8. The van der Waals surface area contributed by atoms with Crippen LogP contribution in [0.25, 0.3) is 0 Å². The minimum atomic E-state index is -3.30. The molecule has 1 amide bonds. The van der Waals surface area contributed by atoms with E-state index >= 15 is 0 Å². The topological polar surface area (TPSA) is 66.5 Å². The molecule has 19 heavy (non-hydrogen) atoms. The van der Waals surface area contributed by atoms with E-state index in [-0.39, 0.29) is 16.9 Å². The SMILES string of the molecule is CCCN(CCC)C(=O)CS(=O)(=O)C1CCNCC1. The maximum Gasteiger partial charge on any atom is 0.237 e. The Labute approximate surface area is 116 Å². The number of sulfone groups is 1. The fourth-order valence-corrected chi connectivity index (χ4v) is 4.15. The zero-order chi connectivity index (χ0) is 14.3. The first-order valence-corrected chi connectivity index (χ1v) is 8.92. The molecule has 6 heteroatoms. The van der Waals surface area contributed by atoms with E-state index in [9.17, 15) is 13.2 Å². The van der Waals surface area contributed by atoms with Crippen molar-refractivity contribution in [2.75, 3.05) is 31.9 Å². The van der Waals surface area contributed by atoms with Crippen LogP contribution in [0, 0.1) is 0 Å². The van der Waals surface area contributed by atoms with Crippen molar-refractivity contribution in [2.45, 2.75) is 44.8 Å². The summed E-state index contributed by atoms with van der Waals surface area (Å²) in [6, 6.07) is 0. The summed E-state index contributed by atoms with van der Waals surface area (Å²) in [5.74, 6) is -0.556. The first-order valence-electron chi connectivity index (χ1n) is 7.21. The van der Waals surface area contributed by atoms with Crippen LogP contribution in [0.4, 0.5) is 0 Å². The van der Waals surface area contributed by atoms with Crippen molar-refractivity contribution < 1.29 is 13.2 Å². The molecule has 112 valence electrons. The van der Waals surface area contributed by atoms with Gasteiger partial charge in [0.25, 0.3) is 0 Å². The van der Waals surface area contributed by atoms with Crippen molar-refractivity contribution in [3.05, 3.63) is 0 Å². The summed E-state index contributed by atoms with van der Waals surface area (Å²) >= 11 is 0. The number of amides is 1. The van der Waals surface area contributed by atoms with Gasteiger partial charge < -0.3 is 10.2 Å². The van der Waals surface area contributed by atoms with E-state index in [0.717, 1.165) is 25.9 Å². The zero-order valence-electron chi connectivity index (χ0n) is 12.0. The van der Waals surface area contributed by atoms with Crippen molar-refractivity contribution in [3.63, 3.8) is 0 Å². The summed E-state index contributed by atoms with van der Waals surface area (Å²) in [5, 5.41) is 2.80. The highest BCUT2D eigenvalue weighted by atomic mass is 32.2. The monoisotopic (exact) mass is 290 g/mol. The Morgan fingerprint density at radius 1 is 1.16 bits per heavy atom. The van der Waals surface area contributed by atoms with Gasteiger partial charge in [0.05, 0.1) is 5.25 Å². The molecule has 1 aliphatic rings. The fraction of sp³-hybridized carbons (Fsp3) is 0.923. The van der Waals surface area contributed by atoms with E-state index in [4.69, 9.17) is 0 Å². The predicted molar refractivity (Wildman–Crippen MR) is 76.8 cm³/mol. The lowest BCUT2D eigenvalue weighted by Crippen LogP contribution is -2.42. The van der Waals surface area contributed by atoms with Crippen LogP contribution in [0.2, 0.25) is 0 Å². The molecule has 0 radical (unpaired) electrons. The molecule has 1 aliphatic heterocycles. The molecule has 1 fully saturated rings. The van der Waals surface area contributed by atoms with Crippen LogP contribution in [-0.2, 0) is 14.6 Å². The van der Waals surface area contributed by atoms with Crippen LogP contribution in [0.1, 0.15) is 39.5 Å². The smallest absolute Gasteiger partial charge is 0.237 e. The van der Waals surface area contributed by atoms with Crippen molar-refractivity contribution in [2.24, 2.45) is 0 Å². The van der Waals surface area contributed by atoms with Gasteiger partial charge in [-0.2, -0.15) is 0 Å². The lowest BCUT2D eigenvalue weighted by molar-refractivity contribution is -0.128. The Balaban J connectivity index is 2.61. The van der Waals surface area contributed by atoms with E-state index < -0.39 is 9.84 Å². The lowest BCUT2D eigenvalue weighted by Gasteiger charge is -2.25. The molecule has 1 heterocycles. The van der Waals surface area contributed by atoms with Crippen molar-refractivity contribution in [1.29, 1.82) is 0 Å². The number of carbonyl (C=O) groups excluding carboxylic acids is 1. The average Bonchev–Trinajstić information content (AvgIpc) is 2.39. The molecule has 0 aromatic carbocycles. The van der Waals surface area contributed by atoms with Crippen molar-refractivity contribution >= 4 is 15.7 Å². The van der Waals surface area contributed by atoms with Gasteiger partial charge in [0.15, 0.2) is 9.84 Å². The maximum atomic E-state index is 12.2. The molecular weight excluding hydrogens is 264 g/mol. The predicted octanol–water partition coefficient (Wildman–Crippen LogP) is 0.802. The summed E-state index contributed by atoms with van der Waals surface area (Å²) in [7, 11) is -3.30. The second kappa shape index (κ2) is 7.85. The minimum absolute atomic E-state index is 0.234. The highest BCUT2D eigenvalue weighted by Gasteiger charge is 2.30. The fourth-order valence-electron chi connectivity index (χ4n) is 2.44. The molecule has 0 saturated carbocycles. The van der Waals surface area contributed by atoms with E-state index in [1.807, 2.05) is 13.8 Å². The van der Waals surface area contributed by atoms with Crippen LogP contribution >= 0.6 is 0 Å². The first-order chi connectivity index (χ1) is 9.01. The molecule has 0 aromatic rings. The third-order valence-corrected chi connectivity index (χ3v) is 5.59. The van der Waals surface area contributed by atoms with Crippen LogP contribution in [0.15, 0.2) is 0 Å².